The number of nitrogens with zero attached hydrogens (tertiary/aromatic N) is 1. The van der Waals surface area contributed by atoms with Crippen molar-refractivity contribution in [3.8, 4) is 0 Å². The summed E-state index contributed by atoms with van der Waals surface area (Å²) < 4.78 is 45.6. The standard InChI is InChI=1S/C12H15BrFNO3S/c1-15(10-4-6-18-7-5-10)19(16,17)12-3-2-9(13)8-11(12)14/h2-3,8,10H,4-7H2,1H3. The van der Waals surface area contributed by atoms with Gasteiger partial charge in [0.15, 0.2) is 0 Å². The van der Waals surface area contributed by atoms with Crippen LogP contribution < -0.4 is 0 Å². The summed E-state index contributed by atoms with van der Waals surface area (Å²) in [6.07, 6.45) is 1.27. The van der Waals surface area contributed by atoms with E-state index < -0.39 is 15.8 Å². The number of sulfonamides is 1. The van der Waals surface area contributed by atoms with Gasteiger partial charge in [0.1, 0.15) is 10.7 Å². The lowest BCUT2D eigenvalue weighted by Gasteiger charge is -2.30. The quantitative estimate of drug-likeness (QED) is 0.839. The van der Waals surface area contributed by atoms with Crippen molar-refractivity contribution in [2.24, 2.45) is 0 Å². The fraction of sp³-hybridized carbons (Fsp3) is 0.500. The molecule has 1 saturated heterocycles. The first-order valence-electron chi connectivity index (χ1n) is 5.94. The molecule has 106 valence electrons. The summed E-state index contributed by atoms with van der Waals surface area (Å²) in [6.45, 7) is 1.07. The lowest BCUT2D eigenvalue weighted by atomic mass is 10.1. The summed E-state index contributed by atoms with van der Waals surface area (Å²) in [5, 5.41) is 0. The molecule has 1 heterocycles. The van der Waals surface area contributed by atoms with Crippen LogP contribution in [0.1, 0.15) is 12.8 Å². The van der Waals surface area contributed by atoms with Crippen molar-refractivity contribution in [3.63, 3.8) is 0 Å². The Morgan fingerprint density at radius 3 is 2.58 bits per heavy atom. The highest BCUT2D eigenvalue weighted by atomic mass is 79.9. The van der Waals surface area contributed by atoms with Crippen LogP contribution in [0.5, 0.6) is 0 Å². The first-order chi connectivity index (χ1) is 8.93. The molecule has 1 aromatic carbocycles. The Bertz CT molecular complexity index is 558. The summed E-state index contributed by atoms with van der Waals surface area (Å²) >= 11 is 3.11. The largest absolute Gasteiger partial charge is 0.381 e. The van der Waals surface area contributed by atoms with Crippen LogP contribution in [0.4, 0.5) is 4.39 Å². The van der Waals surface area contributed by atoms with E-state index in [1.54, 1.807) is 0 Å². The maximum Gasteiger partial charge on any atom is 0.245 e. The van der Waals surface area contributed by atoms with Gasteiger partial charge >= 0.3 is 0 Å². The van der Waals surface area contributed by atoms with Crippen molar-refractivity contribution >= 4 is 26.0 Å². The zero-order valence-electron chi connectivity index (χ0n) is 10.5. The molecule has 19 heavy (non-hydrogen) atoms. The van der Waals surface area contributed by atoms with Gasteiger partial charge in [0.25, 0.3) is 0 Å². The highest BCUT2D eigenvalue weighted by molar-refractivity contribution is 9.10. The van der Waals surface area contributed by atoms with Crippen LogP contribution >= 0.6 is 15.9 Å². The van der Waals surface area contributed by atoms with E-state index in [4.69, 9.17) is 4.74 Å². The van der Waals surface area contributed by atoms with E-state index in [9.17, 15) is 12.8 Å². The van der Waals surface area contributed by atoms with Crippen LogP contribution in [0, 0.1) is 5.82 Å². The lowest BCUT2D eigenvalue weighted by molar-refractivity contribution is 0.0631. The molecule has 4 nitrogen and oxygen atoms in total. The van der Waals surface area contributed by atoms with Crippen LogP contribution in [0.2, 0.25) is 0 Å². The zero-order chi connectivity index (χ0) is 14.0. The van der Waals surface area contributed by atoms with Crippen LogP contribution in [-0.4, -0.2) is 39.0 Å². The minimum absolute atomic E-state index is 0.137. The maximum atomic E-state index is 13.8. The van der Waals surface area contributed by atoms with Gasteiger partial charge in [-0.25, -0.2) is 12.8 Å². The second-order valence-electron chi connectivity index (χ2n) is 4.44. The Hall–Kier alpha value is -0.500. The van der Waals surface area contributed by atoms with Gasteiger partial charge in [-0.2, -0.15) is 4.31 Å². The molecule has 1 aliphatic rings. The monoisotopic (exact) mass is 351 g/mol. The van der Waals surface area contributed by atoms with Gasteiger partial charge in [0.05, 0.1) is 0 Å². The zero-order valence-corrected chi connectivity index (χ0v) is 12.9. The Labute approximate surface area is 120 Å². The molecule has 0 radical (unpaired) electrons. The van der Waals surface area contributed by atoms with Gasteiger partial charge in [0, 0.05) is 30.8 Å². The van der Waals surface area contributed by atoms with Gasteiger partial charge in [-0.15, -0.1) is 0 Å². The molecule has 1 aliphatic heterocycles. The van der Waals surface area contributed by atoms with Crippen LogP contribution in [0.3, 0.4) is 0 Å². The number of hydrogen-bond donors (Lipinski definition) is 0. The van der Waals surface area contributed by atoms with Gasteiger partial charge in [-0.05, 0) is 31.0 Å². The van der Waals surface area contributed by atoms with Crippen molar-refractivity contribution in [1.29, 1.82) is 0 Å². The Morgan fingerprint density at radius 1 is 1.37 bits per heavy atom. The third kappa shape index (κ3) is 3.16. The van der Waals surface area contributed by atoms with Crippen LogP contribution in [-0.2, 0) is 14.8 Å². The molecule has 0 spiro atoms. The van der Waals surface area contributed by atoms with Gasteiger partial charge < -0.3 is 4.74 Å². The molecule has 0 amide bonds. The van der Waals surface area contributed by atoms with E-state index in [2.05, 4.69) is 15.9 Å². The molecule has 0 unspecified atom stereocenters. The maximum absolute atomic E-state index is 13.8. The number of rotatable bonds is 3. The van der Waals surface area contributed by atoms with E-state index in [1.165, 1.54) is 23.5 Å². The number of ether oxygens (including phenoxy) is 1. The molecule has 7 heteroatoms. The van der Waals surface area contributed by atoms with Crippen molar-refractivity contribution < 1.29 is 17.5 Å². The van der Waals surface area contributed by atoms with Crippen LogP contribution in [0.25, 0.3) is 0 Å². The van der Waals surface area contributed by atoms with Crippen LogP contribution in [0.15, 0.2) is 27.6 Å². The fourth-order valence-electron chi connectivity index (χ4n) is 2.08. The summed E-state index contributed by atoms with van der Waals surface area (Å²) in [5.41, 5.74) is 0. The third-order valence-electron chi connectivity index (χ3n) is 3.26. The molecule has 0 N–H and O–H groups in total. The van der Waals surface area contributed by atoms with E-state index in [-0.39, 0.29) is 10.9 Å². The van der Waals surface area contributed by atoms with Crippen molar-refractivity contribution in [1.82, 2.24) is 4.31 Å². The fourth-order valence-corrected chi connectivity index (χ4v) is 3.88. The molecule has 0 aliphatic carbocycles. The first-order valence-corrected chi connectivity index (χ1v) is 8.17. The minimum Gasteiger partial charge on any atom is -0.381 e. The molecule has 1 fully saturated rings. The Kier molecular flexibility index (Phi) is 4.60. The van der Waals surface area contributed by atoms with E-state index in [0.29, 0.717) is 30.5 Å². The lowest BCUT2D eigenvalue weighted by Crippen LogP contribution is -2.40. The predicted octanol–water partition coefficient (Wildman–Crippen LogP) is 2.39. The molecule has 0 atom stereocenters. The molecule has 0 saturated carbocycles. The summed E-state index contributed by atoms with van der Waals surface area (Å²) in [6, 6.07) is 3.82. The molecule has 0 aromatic heterocycles. The van der Waals surface area contributed by atoms with E-state index in [0.717, 1.165) is 6.07 Å². The topological polar surface area (TPSA) is 46.6 Å². The highest BCUT2D eigenvalue weighted by Crippen LogP contribution is 2.25. The van der Waals surface area contributed by atoms with Gasteiger partial charge in [-0.3, -0.25) is 0 Å². The third-order valence-corrected chi connectivity index (χ3v) is 5.69. The number of benzene rings is 1. The number of hydrogen-bond acceptors (Lipinski definition) is 3. The van der Waals surface area contributed by atoms with Gasteiger partial charge in [0.2, 0.25) is 10.0 Å². The molecular weight excluding hydrogens is 337 g/mol. The second kappa shape index (κ2) is 5.87. The Balaban J connectivity index is 2.30. The van der Waals surface area contributed by atoms with E-state index >= 15 is 0 Å². The summed E-state index contributed by atoms with van der Waals surface area (Å²) in [5.74, 6) is -0.742. The van der Waals surface area contributed by atoms with Crippen molar-refractivity contribution in [2.45, 2.75) is 23.8 Å². The Morgan fingerprint density at radius 2 is 2.00 bits per heavy atom. The first kappa shape index (κ1) is 14.9. The molecule has 2 rings (SSSR count). The average Bonchev–Trinajstić information content (AvgIpc) is 2.38. The smallest absolute Gasteiger partial charge is 0.245 e. The summed E-state index contributed by atoms with van der Waals surface area (Å²) in [7, 11) is -2.31. The molecule has 0 bridgehead atoms. The summed E-state index contributed by atoms with van der Waals surface area (Å²) in [4.78, 5) is -0.287. The molecule has 1 aromatic rings. The molecular formula is C12H15BrFNO3S. The highest BCUT2D eigenvalue weighted by Gasteiger charge is 2.31. The normalized spacial score (nSPS) is 17.9. The predicted molar refractivity (Wildman–Crippen MR) is 72.9 cm³/mol. The average molecular weight is 352 g/mol. The van der Waals surface area contributed by atoms with Crippen molar-refractivity contribution in [3.05, 3.63) is 28.5 Å². The second-order valence-corrected chi connectivity index (χ2v) is 7.32. The SMILES string of the molecule is CN(C1CCOCC1)S(=O)(=O)c1ccc(Br)cc1F. The van der Waals surface area contributed by atoms with Crippen molar-refractivity contribution in [2.75, 3.05) is 20.3 Å². The van der Waals surface area contributed by atoms with E-state index in [1.807, 2.05) is 0 Å². The minimum atomic E-state index is -3.80. The number of halogens is 2. The van der Waals surface area contributed by atoms with Gasteiger partial charge in [-0.1, -0.05) is 15.9 Å².